The van der Waals surface area contributed by atoms with E-state index in [1.165, 1.54) is 24.3 Å². The Labute approximate surface area is 153 Å². The van der Waals surface area contributed by atoms with Gasteiger partial charge >= 0.3 is 0 Å². The molecule has 6 heteroatoms. The van der Waals surface area contributed by atoms with Crippen molar-refractivity contribution in [3.63, 3.8) is 0 Å². The van der Waals surface area contributed by atoms with E-state index in [2.05, 4.69) is 25.2 Å². The first kappa shape index (κ1) is 19.4. The minimum atomic E-state index is -0.488. The van der Waals surface area contributed by atoms with E-state index in [1.54, 1.807) is 7.11 Å². The number of carbonyl (C=O) groups is 1. The van der Waals surface area contributed by atoms with Crippen LogP contribution in [0, 0.1) is 17.0 Å². The van der Waals surface area contributed by atoms with E-state index in [9.17, 15) is 14.9 Å². The summed E-state index contributed by atoms with van der Waals surface area (Å²) in [6, 6.07) is 9.42. The molecule has 0 saturated carbocycles. The number of carbonyl (C=O) groups excluding carboxylic acids is 1. The zero-order chi connectivity index (χ0) is 19.4. The van der Waals surface area contributed by atoms with Gasteiger partial charge in [-0.25, -0.2) is 0 Å². The highest BCUT2D eigenvalue weighted by molar-refractivity contribution is 5.94. The van der Waals surface area contributed by atoms with E-state index in [0.29, 0.717) is 11.5 Å². The van der Waals surface area contributed by atoms with Gasteiger partial charge in [0.1, 0.15) is 5.75 Å². The van der Waals surface area contributed by atoms with Crippen LogP contribution >= 0.6 is 0 Å². The van der Waals surface area contributed by atoms with Crippen LogP contribution in [0.15, 0.2) is 36.4 Å². The molecule has 0 spiro atoms. The van der Waals surface area contributed by atoms with Gasteiger partial charge in [0.15, 0.2) is 0 Å². The summed E-state index contributed by atoms with van der Waals surface area (Å²) in [5.74, 6) is 0.866. The maximum absolute atomic E-state index is 12.5. The van der Waals surface area contributed by atoms with E-state index in [4.69, 9.17) is 4.74 Å². The minimum Gasteiger partial charge on any atom is -0.496 e. The third-order valence-corrected chi connectivity index (χ3v) is 4.39. The van der Waals surface area contributed by atoms with Crippen molar-refractivity contribution in [2.24, 2.45) is 0 Å². The fourth-order valence-electron chi connectivity index (χ4n) is 2.90. The summed E-state index contributed by atoms with van der Waals surface area (Å²) in [4.78, 5) is 22.7. The molecular weight excluding hydrogens is 332 g/mol. The van der Waals surface area contributed by atoms with Gasteiger partial charge in [0.2, 0.25) is 0 Å². The van der Waals surface area contributed by atoms with Crippen LogP contribution in [0.4, 0.5) is 5.69 Å². The molecule has 0 aromatic heterocycles. The lowest BCUT2D eigenvalue weighted by molar-refractivity contribution is -0.384. The van der Waals surface area contributed by atoms with Crippen molar-refractivity contribution in [1.82, 2.24) is 5.32 Å². The molecule has 0 aliphatic rings. The summed E-state index contributed by atoms with van der Waals surface area (Å²) in [6.45, 7) is 8.09. The number of hydrogen-bond acceptors (Lipinski definition) is 4. The summed E-state index contributed by atoms with van der Waals surface area (Å²) in [6.07, 6.45) is 0. The lowest BCUT2D eigenvalue weighted by Crippen LogP contribution is -2.27. The molecule has 1 atom stereocenters. The first-order valence-corrected chi connectivity index (χ1v) is 8.48. The molecule has 0 radical (unpaired) electrons. The van der Waals surface area contributed by atoms with Crippen LogP contribution in [-0.4, -0.2) is 17.9 Å². The molecule has 2 aromatic carbocycles. The molecule has 0 aliphatic carbocycles. The van der Waals surface area contributed by atoms with Gasteiger partial charge in [0.25, 0.3) is 11.6 Å². The molecule has 1 amide bonds. The lowest BCUT2D eigenvalue weighted by atomic mass is 9.93. The molecule has 26 heavy (non-hydrogen) atoms. The molecular formula is C20H24N2O4. The number of methoxy groups -OCH3 is 1. The van der Waals surface area contributed by atoms with Crippen molar-refractivity contribution in [3.8, 4) is 5.75 Å². The number of nitrogens with one attached hydrogen (secondary N) is 1. The average molecular weight is 356 g/mol. The Kier molecular flexibility index (Phi) is 5.97. The zero-order valence-electron chi connectivity index (χ0n) is 15.7. The molecule has 0 fully saturated rings. The Bertz CT molecular complexity index is 813. The normalized spacial score (nSPS) is 11.9. The number of benzene rings is 2. The highest BCUT2D eigenvalue weighted by Crippen LogP contribution is 2.32. The monoisotopic (exact) mass is 356 g/mol. The van der Waals surface area contributed by atoms with Crippen LogP contribution in [0.5, 0.6) is 5.75 Å². The summed E-state index contributed by atoms with van der Waals surface area (Å²) >= 11 is 0. The highest BCUT2D eigenvalue weighted by atomic mass is 16.6. The maximum atomic E-state index is 12.5. The van der Waals surface area contributed by atoms with Gasteiger partial charge in [-0.1, -0.05) is 13.8 Å². The van der Waals surface area contributed by atoms with Gasteiger partial charge in [0.05, 0.1) is 18.1 Å². The third-order valence-electron chi connectivity index (χ3n) is 4.39. The van der Waals surface area contributed by atoms with Gasteiger partial charge in [-0.05, 0) is 60.7 Å². The quantitative estimate of drug-likeness (QED) is 0.609. The molecule has 2 aromatic rings. The lowest BCUT2D eigenvalue weighted by Gasteiger charge is -2.21. The number of nitrogens with zero attached hydrogens (tertiary/aromatic N) is 1. The van der Waals surface area contributed by atoms with Crippen molar-refractivity contribution in [3.05, 3.63) is 68.8 Å². The molecule has 0 heterocycles. The van der Waals surface area contributed by atoms with Gasteiger partial charge < -0.3 is 10.1 Å². The molecule has 0 unspecified atom stereocenters. The van der Waals surface area contributed by atoms with E-state index >= 15 is 0 Å². The zero-order valence-corrected chi connectivity index (χ0v) is 15.7. The van der Waals surface area contributed by atoms with Crippen molar-refractivity contribution in [1.29, 1.82) is 0 Å². The average Bonchev–Trinajstić information content (AvgIpc) is 2.60. The number of rotatable bonds is 6. The SMILES string of the molecule is COc1cc(C)c([C@@H](C)NC(=O)c2ccc([N+](=O)[O-])cc2)cc1C(C)C. The number of amides is 1. The second-order valence-electron chi connectivity index (χ2n) is 6.60. The molecule has 138 valence electrons. The number of nitro benzene ring substituents is 1. The summed E-state index contributed by atoms with van der Waals surface area (Å²) in [5, 5.41) is 13.7. The molecule has 0 saturated heterocycles. The number of hydrogen-bond donors (Lipinski definition) is 1. The van der Waals surface area contributed by atoms with E-state index < -0.39 is 4.92 Å². The minimum absolute atomic E-state index is 0.0397. The fourth-order valence-corrected chi connectivity index (χ4v) is 2.90. The smallest absolute Gasteiger partial charge is 0.269 e. The Balaban J connectivity index is 2.23. The topological polar surface area (TPSA) is 81.5 Å². The van der Waals surface area contributed by atoms with Gasteiger partial charge in [-0.2, -0.15) is 0 Å². The van der Waals surface area contributed by atoms with Crippen LogP contribution in [0.3, 0.4) is 0 Å². The summed E-state index contributed by atoms with van der Waals surface area (Å²) in [7, 11) is 1.65. The van der Waals surface area contributed by atoms with Gasteiger partial charge in [0, 0.05) is 17.7 Å². The van der Waals surface area contributed by atoms with Crippen LogP contribution in [0.25, 0.3) is 0 Å². The van der Waals surface area contributed by atoms with Crippen molar-refractivity contribution in [2.75, 3.05) is 7.11 Å². The fraction of sp³-hybridized carbons (Fsp3) is 0.350. The Hall–Kier alpha value is -2.89. The van der Waals surface area contributed by atoms with E-state index in [-0.39, 0.29) is 17.6 Å². The predicted octanol–water partition coefficient (Wildman–Crippen LogP) is 4.53. The second-order valence-corrected chi connectivity index (χ2v) is 6.60. The molecule has 1 N–H and O–H groups in total. The predicted molar refractivity (Wildman–Crippen MR) is 101 cm³/mol. The maximum Gasteiger partial charge on any atom is 0.269 e. The van der Waals surface area contributed by atoms with E-state index in [0.717, 1.165) is 22.4 Å². The van der Waals surface area contributed by atoms with Crippen LogP contribution < -0.4 is 10.1 Å². The standard InChI is InChI=1S/C20H24N2O4/c1-12(2)17-11-18(13(3)10-19(17)26-5)14(4)21-20(23)15-6-8-16(9-7-15)22(24)25/h6-12,14H,1-5H3,(H,21,23)/t14-/m1/s1. The molecule has 6 nitrogen and oxygen atoms in total. The highest BCUT2D eigenvalue weighted by Gasteiger charge is 2.18. The van der Waals surface area contributed by atoms with Crippen LogP contribution in [0.1, 0.15) is 59.8 Å². The first-order chi connectivity index (χ1) is 12.2. The second kappa shape index (κ2) is 7.99. The van der Waals surface area contributed by atoms with Gasteiger partial charge in [-0.3, -0.25) is 14.9 Å². The number of aryl methyl sites for hydroxylation is 1. The number of nitro groups is 1. The number of non-ortho nitro benzene ring substituents is 1. The molecule has 0 aliphatic heterocycles. The van der Waals surface area contributed by atoms with E-state index in [1.807, 2.05) is 19.9 Å². The van der Waals surface area contributed by atoms with Crippen molar-refractivity contribution in [2.45, 2.75) is 39.7 Å². The first-order valence-electron chi connectivity index (χ1n) is 8.48. The Morgan fingerprint density at radius 3 is 2.23 bits per heavy atom. The Morgan fingerprint density at radius 1 is 1.12 bits per heavy atom. The summed E-state index contributed by atoms with van der Waals surface area (Å²) < 4.78 is 5.46. The van der Waals surface area contributed by atoms with Gasteiger partial charge in [-0.15, -0.1) is 0 Å². The third kappa shape index (κ3) is 4.20. The van der Waals surface area contributed by atoms with Crippen LogP contribution in [-0.2, 0) is 0 Å². The Morgan fingerprint density at radius 2 is 1.73 bits per heavy atom. The largest absolute Gasteiger partial charge is 0.496 e. The van der Waals surface area contributed by atoms with Crippen molar-refractivity contribution < 1.29 is 14.5 Å². The summed E-state index contributed by atoms with van der Waals surface area (Å²) in [5.41, 5.74) is 3.48. The van der Waals surface area contributed by atoms with Crippen LogP contribution in [0.2, 0.25) is 0 Å². The molecule has 2 rings (SSSR count). The van der Waals surface area contributed by atoms with Crippen molar-refractivity contribution >= 4 is 11.6 Å². The number of ether oxygens (including phenoxy) is 1. The molecule has 0 bridgehead atoms.